The molecular formula is C25H24ClN3O5. The molecule has 1 fully saturated rings. The van der Waals surface area contributed by atoms with E-state index in [1.807, 2.05) is 0 Å². The molecule has 1 unspecified atom stereocenters. The van der Waals surface area contributed by atoms with Crippen molar-refractivity contribution in [3.05, 3.63) is 80.9 Å². The van der Waals surface area contributed by atoms with Gasteiger partial charge in [-0.1, -0.05) is 41.4 Å². The van der Waals surface area contributed by atoms with Crippen LogP contribution in [-0.4, -0.2) is 40.1 Å². The zero-order valence-electron chi connectivity index (χ0n) is 18.5. The molecule has 2 aromatic rings. The number of hydrogen-bond donors (Lipinski definition) is 0. The van der Waals surface area contributed by atoms with Crippen molar-refractivity contribution in [1.82, 2.24) is 4.90 Å². The lowest BCUT2D eigenvalue weighted by atomic mass is 9.96. The quantitative estimate of drug-likeness (QED) is 0.242. The third-order valence-corrected chi connectivity index (χ3v) is 6.54. The standard InChI is InChI=1S/C25H24ClN3O5/c26-20-12-11-18(15-21(20)29(33)34)24(31)27(14-13-17-7-3-1-4-8-17)22-16-23(30)28(25(22)32)19-9-5-2-6-10-19/h2,5-7,9-12,15,22H,1,3-4,8,13-14,16H2. The minimum Gasteiger partial charge on any atom is -0.326 e. The molecule has 9 heteroatoms. The molecule has 2 aromatic carbocycles. The summed E-state index contributed by atoms with van der Waals surface area (Å²) >= 11 is 5.92. The van der Waals surface area contributed by atoms with E-state index < -0.39 is 28.7 Å². The molecule has 0 saturated carbocycles. The van der Waals surface area contributed by atoms with Gasteiger partial charge in [0.15, 0.2) is 0 Å². The average Bonchev–Trinajstić information content (AvgIpc) is 3.14. The van der Waals surface area contributed by atoms with Gasteiger partial charge in [-0.05, 0) is 56.4 Å². The number of imide groups is 1. The Labute approximate surface area is 201 Å². The van der Waals surface area contributed by atoms with E-state index in [0.29, 0.717) is 12.1 Å². The highest BCUT2D eigenvalue weighted by Gasteiger charge is 2.44. The van der Waals surface area contributed by atoms with Crippen LogP contribution in [0.5, 0.6) is 0 Å². The third kappa shape index (κ3) is 4.87. The van der Waals surface area contributed by atoms with Crippen LogP contribution < -0.4 is 4.90 Å². The molecule has 2 aliphatic rings. The molecule has 1 saturated heterocycles. The summed E-state index contributed by atoms with van der Waals surface area (Å²) in [4.78, 5) is 52.9. The molecule has 0 N–H and O–H groups in total. The fourth-order valence-corrected chi connectivity index (χ4v) is 4.64. The van der Waals surface area contributed by atoms with Crippen molar-refractivity contribution in [2.24, 2.45) is 0 Å². The maximum absolute atomic E-state index is 13.5. The van der Waals surface area contributed by atoms with E-state index in [-0.39, 0.29) is 29.2 Å². The number of amides is 3. The first-order valence-corrected chi connectivity index (χ1v) is 11.6. The highest BCUT2D eigenvalue weighted by Crippen LogP contribution is 2.30. The Morgan fingerprint density at radius 3 is 2.59 bits per heavy atom. The van der Waals surface area contributed by atoms with Gasteiger partial charge < -0.3 is 4.90 Å². The molecule has 0 bridgehead atoms. The first-order valence-electron chi connectivity index (χ1n) is 11.2. The highest BCUT2D eigenvalue weighted by molar-refractivity contribution is 6.32. The third-order valence-electron chi connectivity index (χ3n) is 6.22. The molecule has 1 aliphatic heterocycles. The minimum absolute atomic E-state index is 0.0483. The molecule has 0 aromatic heterocycles. The van der Waals surface area contributed by atoms with Crippen molar-refractivity contribution in [1.29, 1.82) is 0 Å². The Hall–Kier alpha value is -3.52. The fraction of sp³-hybridized carbons (Fsp3) is 0.320. The number of hydrogen-bond acceptors (Lipinski definition) is 5. The summed E-state index contributed by atoms with van der Waals surface area (Å²) in [7, 11) is 0. The van der Waals surface area contributed by atoms with Gasteiger partial charge in [0.1, 0.15) is 11.1 Å². The maximum Gasteiger partial charge on any atom is 0.288 e. The Morgan fingerprint density at radius 1 is 1.15 bits per heavy atom. The average molecular weight is 482 g/mol. The topological polar surface area (TPSA) is 101 Å². The van der Waals surface area contributed by atoms with Crippen LogP contribution in [0.4, 0.5) is 11.4 Å². The van der Waals surface area contributed by atoms with Gasteiger partial charge >= 0.3 is 0 Å². The van der Waals surface area contributed by atoms with Crippen molar-refractivity contribution >= 4 is 40.7 Å². The minimum atomic E-state index is -0.987. The zero-order chi connectivity index (χ0) is 24.2. The van der Waals surface area contributed by atoms with Gasteiger partial charge in [-0.15, -0.1) is 0 Å². The number of nitro benzene ring substituents is 1. The number of anilines is 1. The van der Waals surface area contributed by atoms with Gasteiger partial charge in [0.2, 0.25) is 5.91 Å². The second-order valence-electron chi connectivity index (χ2n) is 8.40. The van der Waals surface area contributed by atoms with Gasteiger partial charge in [0.05, 0.1) is 17.0 Å². The van der Waals surface area contributed by atoms with Crippen LogP contribution in [-0.2, 0) is 9.59 Å². The van der Waals surface area contributed by atoms with Gasteiger partial charge in [-0.25, -0.2) is 4.90 Å². The van der Waals surface area contributed by atoms with Gasteiger partial charge in [-0.3, -0.25) is 24.5 Å². The molecule has 34 heavy (non-hydrogen) atoms. The Kier molecular flexibility index (Phi) is 7.07. The lowest BCUT2D eigenvalue weighted by Crippen LogP contribution is -2.46. The van der Waals surface area contributed by atoms with Crippen LogP contribution >= 0.6 is 11.6 Å². The van der Waals surface area contributed by atoms with Crippen LogP contribution in [0.3, 0.4) is 0 Å². The molecule has 4 rings (SSSR count). The van der Waals surface area contributed by atoms with Crippen molar-refractivity contribution in [3.63, 3.8) is 0 Å². The van der Waals surface area contributed by atoms with Gasteiger partial charge in [0, 0.05) is 18.2 Å². The number of nitro groups is 1. The van der Waals surface area contributed by atoms with Gasteiger partial charge in [-0.2, -0.15) is 0 Å². The summed E-state index contributed by atoms with van der Waals surface area (Å²) in [6.45, 7) is 0.230. The summed E-state index contributed by atoms with van der Waals surface area (Å²) in [5.41, 5.74) is 1.32. The SMILES string of the molecule is O=C1CC(N(CCC2=CCCCC2)C(=O)c2ccc(Cl)c([N+](=O)[O-])c2)C(=O)N1c1ccccc1. The first-order chi connectivity index (χ1) is 16.4. The second-order valence-corrected chi connectivity index (χ2v) is 8.81. The number of allylic oxidation sites excluding steroid dienone is 1. The van der Waals surface area contributed by atoms with Gasteiger partial charge in [0.25, 0.3) is 17.5 Å². The molecule has 1 aliphatic carbocycles. The number of benzene rings is 2. The molecule has 3 amide bonds. The van der Waals surface area contributed by atoms with Crippen LogP contribution in [0.1, 0.15) is 48.9 Å². The number of rotatable bonds is 7. The van der Waals surface area contributed by atoms with Crippen molar-refractivity contribution in [2.45, 2.75) is 44.6 Å². The molecule has 0 spiro atoms. The van der Waals surface area contributed by atoms with Crippen molar-refractivity contribution < 1.29 is 19.3 Å². The predicted octanol–water partition coefficient (Wildman–Crippen LogP) is 4.91. The number of halogens is 1. The number of carbonyl (C=O) groups excluding carboxylic acids is 3. The molecule has 1 heterocycles. The fourth-order valence-electron chi connectivity index (χ4n) is 4.45. The van der Waals surface area contributed by atoms with E-state index in [1.54, 1.807) is 30.3 Å². The highest BCUT2D eigenvalue weighted by atomic mass is 35.5. The van der Waals surface area contributed by atoms with Crippen LogP contribution in [0, 0.1) is 10.1 Å². The van der Waals surface area contributed by atoms with E-state index >= 15 is 0 Å². The van der Waals surface area contributed by atoms with Crippen molar-refractivity contribution in [3.8, 4) is 0 Å². The number of nitrogens with zero attached hydrogens (tertiary/aromatic N) is 3. The molecule has 0 radical (unpaired) electrons. The lowest BCUT2D eigenvalue weighted by molar-refractivity contribution is -0.384. The summed E-state index contributed by atoms with van der Waals surface area (Å²) in [5, 5.41) is 11.3. The van der Waals surface area contributed by atoms with E-state index in [4.69, 9.17) is 11.6 Å². The zero-order valence-corrected chi connectivity index (χ0v) is 19.2. The monoisotopic (exact) mass is 481 g/mol. The molecule has 176 valence electrons. The molecule has 8 nitrogen and oxygen atoms in total. The lowest BCUT2D eigenvalue weighted by Gasteiger charge is -2.28. The van der Waals surface area contributed by atoms with Crippen LogP contribution in [0.2, 0.25) is 5.02 Å². The number of para-hydroxylation sites is 1. The Morgan fingerprint density at radius 2 is 1.91 bits per heavy atom. The van der Waals surface area contributed by atoms with E-state index in [1.165, 1.54) is 22.6 Å². The van der Waals surface area contributed by atoms with Crippen LogP contribution in [0.25, 0.3) is 0 Å². The smallest absolute Gasteiger partial charge is 0.288 e. The Bertz CT molecular complexity index is 1160. The maximum atomic E-state index is 13.5. The first kappa shape index (κ1) is 23.6. The molecular weight excluding hydrogens is 458 g/mol. The normalized spacial score (nSPS) is 18.1. The molecule has 1 atom stereocenters. The largest absolute Gasteiger partial charge is 0.326 e. The van der Waals surface area contributed by atoms with E-state index in [9.17, 15) is 24.5 Å². The summed E-state index contributed by atoms with van der Waals surface area (Å²) in [5.74, 6) is -1.42. The summed E-state index contributed by atoms with van der Waals surface area (Å²) < 4.78 is 0. The van der Waals surface area contributed by atoms with E-state index in [0.717, 1.165) is 36.6 Å². The summed E-state index contributed by atoms with van der Waals surface area (Å²) in [6.07, 6.45) is 6.71. The number of carbonyl (C=O) groups is 3. The van der Waals surface area contributed by atoms with Crippen LogP contribution in [0.15, 0.2) is 60.2 Å². The predicted molar refractivity (Wildman–Crippen MR) is 128 cm³/mol. The summed E-state index contributed by atoms with van der Waals surface area (Å²) in [6, 6.07) is 11.4. The van der Waals surface area contributed by atoms with E-state index in [2.05, 4.69) is 6.08 Å². The van der Waals surface area contributed by atoms with Crippen molar-refractivity contribution in [2.75, 3.05) is 11.4 Å². The second kappa shape index (κ2) is 10.2. The Balaban J connectivity index is 1.65.